The molecule has 0 aliphatic carbocycles. The first-order chi connectivity index (χ1) is 7.59. The summed E-state index contributed by atoms with van der Waals surface area (Å²) in [6.07, 6.45) is 1.48. The van der Waals surface area contributed by atoms with Crippen molar-refractivity contribution in [2.45, 2.75) is 52.7 Å². The van der Waals surface area contributed by atoms with Crippen LogP contribution in [0, 0.1) is 5.92 Å². The molecule has 0 aromatic heterocycles. The van der Waals surface area contributed by atoms with Crippen molar-refractivity contribution in [3.63, 3.8) is 0 Å². The van der Waals surface area contributed by atoms with Gasteiger partial charge >= 0.3 is 0 Å². The maximum Gasteiger partial charge on any atom is 0.0723 e. The lowest BCUT2D eigenvalue weighted by Gasteiger charge is -2.30. The Balaban J connectivity index is 2.34. The first kappa shape index (κ1) is 11.7. The van der Waals surface area contributed by atoms with E-state index in [4.69, 9.17) is 4.74 Å². The van der Waals surface area contributed by atoms with Gasteiger partial charge in [0.05, 0.1) is 12.7 Å². The molecule has 0 bridgehead atoms. The third kappa shape index (κ3) is 2.15. The van der Waals surface area contributed by atoms with Gasteiger partial charge in [0.25, 0.3) is 0 Å². The van der Waals surface area contributed by atoms with Gasteiger partial charge in [-0.1, -0.05) is 45.9 Å². The summed E-state index contributed by atoms with van der Waals surface area (Å²) in [4.78, 5) is 0. The van der Waals surface area contributed by atoms with Crippen LogP contribution in [-0.4, -0.2) is 6.10 Å². The molecule has 1 aliphatic rings. The minimum Gasteiger partial charge on any atom is -0.373 e. The van der Waals surface area contributed by atoms with Crippen molar-refractivity contribution < 1.29 is 4.74 Å². The summed E-state index contributed by atoms with van der Waals surface area (Å²) in [6, 6.07) is 6.64. The zero-order valence-electron chi connectivity index (χ0n) is 10.8. The maximum atomic E-state index is 5.90. The molecule has 2 rings (SSSR count). The number of ether oxygens (including phenoxy) is 1. The summed E-state index contributed by atoms with van der Waals surface area (Å²) in [7, 11) is 0. The van der Waals surface area contributed by atoms with E-state index in [2.05, 4.69) is 45.9 Å². The van der Waals surface area contributed by atoms with Crippen LogP contribution < -0.4 is 0 Å². The molecule has 1 aliphatic heterocycles. The molecule has 1 aromatic carbocycles. The van der Waals surface area contributed by atoms with Gasteiger partial charge in [0, 0.05) is 0 Å². The number of benzene rings is 1. The van der Waals surface area contributed by atoms with Gasteiger partial charge in [-0.25, -0.2) is 0 Å². The second kappa shape index (κ2) is 4.58. The van der Waals surface area contributed by atoms with Crippen LogP contribution in [0.15, 0.2) is 18.2 Å². The molecule has 0 fully saturated rings. The molecule has 0 saturated carbocycles. The number of fused-ring (bicyclic) bond motifs is 1. The Morgan fingerprint density at radius 1 is 1.19 bits per heavy atom. The third-order valence-electron chi connectivity index (χ3n) is 3.53. The van der Waals surface area contributed by atoms with Crippen molar-refractivity contribution in [3.8, 4) is 0 Å². The van der Waals surface area contributed by atoms with E-state index in [1.165, 1.54) is 11.1 Å². The largest absolute Gasteiger partial charge is 0.373 e. The summed E-state index contributed by atoms with van der Waals surface area (Å²) in [5.74, 6) is 1.22. The van der Waals surface area contributed by atoms with Crippen molar-refractivity contribution in [2.24, 2.45) is 5.92 Å². The van der Waals surface area contributed by atoms with Crippen LogP contribution in [0.25, 0.3) is 0 Å². The summed E-state index contributed by atoms with van der Waals surface area (Å²) in [5.41, 5.74) is 4.44. The van der Waals surface area contributed by atoms with Gasteiger partial charge in [0.1, 0.15) is 0 Å². The second-order valence-corrected chi connectivity index (χ2v) is 5.44. The minimum atomic E-state index is 0.396. The molecule has 0 amide bonds. The molecule has 0 N–H and O–H groups in total. The van der Waals surface area contributed by atoms with Crippen molar-refractivity contribution >= 4 is 0 Å². The zero-order chi connectivity index (χ0) is 11.7. The smallest absolute Gasteiger partial charge is 0.0723 e. The Bertz CT molecular complexity index is 366. The molecule has 0 spiro atoms. The van der Waals surface area contributed by atoms with Crippen LogP contribution in [0.4, 0.5) is 0 Å². The van der Waals surface area contributed by atoms with E-state index in [1.807, 2.05) is 0 Å². The molecule has 1 aromatic rings. The summed E-state index contributed by atoms with van der Waals surface area (Å²) in [5, 5.41) is 0. The lowest BCUT2D eigenvalue weighted by Crippen LogP contribution is -2.28. The van der Waals surface area contributed by atoms with E-state index in [9.17, 15) is 0 Å². The average molecular weight is 218 g/mol. The monoisotopic (exact) mass is 218 g/mol. The molecule has 1 heteroatoms. The molecule has 1 heterocycles. The first-order valence-corrected chi connectivity index (χ1v) is 6.32. The van der Waals surface area contributed by atoms with Gasteiger partial charge in [0.2, 0.25) is 0 Å². The molecule has 1 atom stereocenters. The van der Waals surface area contributed by atoms with Crippen LogP contribution in [0.5, 0.6) is 0 Å². The van der Waals surface area contributed by atoms with E-state index in [0.717, 1.165) is 13.0 Å². The standard InChI is InChI=1S/C15H22O/c1-10(2)13-7-5-6-12-9-16-15(11(3)4)8-14(12)13/h5-7,10-11,15H,8-9H2,1-4H3. The predicted octanol–water partition coefficient (Wildman–Crippen LogP) is 3.91. The van der Waals surface area contributed by atoms with Crippen LogP contribution in [0.3, 0.4) is 0 Å². The molecule has 1 nitrogen and oxygen atoms in total. The van der Waals surface area contributed by atoms with E-state index in [1.54, 1.807) is 5.56 Å². The van der Waals surface area contributed by atoms with Crippen molar-refractivity contribution in [2.75, 3.05) is 0 Å². The Labute approximate surface area is 98.8 Å². The fraction of sp³-hybridized carbons (Fsp3) is 0.600. The minimum absolute atomic E-state index is 0.396. The molecule has 88 valence electrons. The highest BCUT2D eigenvalue weighted by molar-refractivity contribution is 5.38. The fourth-order valence-electron chi connectivity index (χ4n) is 2.46. The highest BCUT2D eigenvalue weighted by atomic mass is 16.5. The number of rotatable bonds is 2. The zero-order valence-corrected chi connectivity index (χ0v) is 10.8. The van der Waals surface area contributed by atoms with E-state index >= 15 is 0 Å². The molecular weight excluding hydrogens is 196 g/mol. The van der Waals surface area contributed by atoms with Crippen LogP contribution in [0.2, 0.25) is 0 Å². The van der Waals surface area contributed by atoms with Gasteiger partial charge < -0.3 is 4.74 Å². The Morgan fingerprint density at radius 2 is 1.94 bits per heavy atom. The maximum absolute atomic E-state index is 5.90. The highest BCUT2D eigenvalue weighted by Gasteiger charge is 2.24. The molecule has 0 radical (unpaired) electrons. The molecule has 1 unspecified atom stereocenters. The van der Waals surface area contributed by atoms with E-state index < -0.39 is 0 Å². The topological polar surface area (TPSA) is 9.23 Å². The summed E-state index contributed by atoms with van der Waals surface area (Å²) < 4.78 is 5.90. The number of hydrogen-bond acceptors (Lipinski definition) is 1. The van der Waals surface area contributed by atoms with Crippen LogP contribution in [-0.2, 0) is 17.8 Å². The van der Waals surface area contributed by atoms with Gasteiger partial charge in [-0.15, -0.1) is 0 Å². The lowest BCUT2D eigenvalue weighted by atomic mass is 9.86. The average Bonchev–Trinajstić information content (AvgIpc) is 2.27. The predicted molar refractivity (Wildman–Crippen MR) is 67.7 cm³/mol. The van der Waals surface area contributed by atoms with Crippen LogP contribution in [0.1, 0.15) is 50.3 Å². The van der Waals surface area contributed by atoms with Crippen molar-refractivity contribution in [3.05, 3.63) is 34.9 Å². The van der Waals surface area contributed by atoms with Gasteiger partial charge in [-0.2, -0.15) is 0 Å². The quantitative estimate of drug-likeness (QED) is 0.731. The van der Waals surface area contributed by atoms with Gasteiger partial charge in [0.15, 0.2) is 0 Å². The summed E-state index contributed by atoms with van der Waals surface area (Å²) >= 11 is 0. The van der Waals surface area contributed by atoms with Gasteiger partial charge in [-0.05, 0) is 34.9 Å². The third-order valence-corrected chi connectivity index (χ3v) is 3.53. The van der Waals surface area contributed by atoms with Crippen molar-refractivity contribution in [1.82, 2.24) is 0 Å². The Hall–Kier alpha value is -0.820. The van der Waals surface area contributed by atoms with Crippen LogP contribution >= 0.6 is 0 Å². The molecule has 16 heavy (non-hydrogen) atoms. The highest BCUT2D eigenvalue weighted by Crippen LogP contribution is 2.30. The Morgan fingerprint density at radius 3 is 2.56 bits per heavy atom. The fourth-order valence-corrected chi connectivity index (χ4v) is 2.46. The summed E-state index contributed by atoms with van der Waals surface area (Å²) in [6.45, 7) is 9.82. The van der Waals surface area contributed by atoms with Gasteiger partial charge in [-0.3, -0.25) is 0 Å². The lowest BCUT2D eigenvalue weighted by molar-refractivity contribution is -0.000590. The Kier molecular flexibility index (Phi) is 3.34. The SMILES string of the molecule is CC(C)c1cccc2c1CC(C(C)C)OC2. The molecule has 0 saturated heterocycles. The first-order valence-electron chi connectivity index (χ1n) is 6.32. The number of hydrogen-bond donors (Lipinski definition) is 0. The van der Waals surface area contributed by atoms with Crippen molar-refractivity contribution in [1.29, 1.82) is 0 Å². The molecular formula is C15H22O. The normalized spacial score (nSPS) is 20.2. The van der Waals surface area contributed by atoms with E-state index in [0.29, 0.717) is 17.9 Å². The van der Waals surface area contributed by atoms with E-state index in [-0.39, 0.29) is 0 Å². The second-order valence-electron chi connectivity index (χ2n) is 5.44.